The van der Waals surface area contributed by atoms with Gasteiger partial charge in [0.15, 0.2) is 0 Å². The summed E-state index contributed by atoms with van der Waals surface area (Å²) < 4.78 is 0.153. The first-order chi connectivity index (χ1) is 9.13. The van der Waals surface area contributed by atoms with E-state index in [0.717, 1.165) is 19.4 Å². The van der Waals surface area contributed by atoms with E-state index in [1.807, 2.05) is 11.8 Å². The molecular weight excluding hydrogens is 292 g/mol. The zero-order valence-corrected chi connectivity index (χ0v) is 13.5. The van der Waals surface area contributed by atoms with Crippen molar-refractivity contribution >= 4 is 30.1 Å². The Morgan fingerprint density at radius 2 is 1.90 bits per heavy atom. The monoisotopic (exact) mass is 314 g/mol. The Bertz CT molecular complexity index is 430. The van der Waals surface area contributed by atoms with E-state index >= 15 is 0 Å². The minimum atomic E-state index is -0.0595. The van der Waals surface area contributed by atoms with Gasteiger partial charge in [-0.3, -0.25) is 4.79 Å². The van der Waals surface area contributed by atoms with Gasteiger partial charge in [0.2, 0.25) is 5.91 Å². The summed E-state index contributed by atoms with van der Waals surface area (Å²) in [4.78, 5) is 12.6. The first kappa shape index (κ1) is 17.3. The van der Waals surface area contributed by atoms with Crippen LogP contribution in [0.25, 0.3) is 0 Å². The lowest BCUT2D eigenvalue weighted by molar-refractivity contribution is -0.119. The van der Waals surface area contributed by atoms with Crippen molar-refractivity contribution in [3.8, 4) is 0 Å². The normalized spacial score (nSPS) is 16.5. The number of thioether (sulfide) groups is 1. The van der Waals surface area contributed by atoms with Crippen LogP contribution in [0.2, 0.25) is 0 Å². The molecule has 1 aromatic rings. The smallest absolute Gasteiger partial charge is 0.233 e. The Morgan fingerprint density at radius 1 is 1.30 bits per heavy atom. The third-order valence-electron chi connectivity index (χ3n) is 3.66. The van der Waals surface area contributed by atoms with Crippen LogP contribution >= 0.6 is 24.2 Å². The Labute approximate surface area is 131 Å². The summed E-state index contributed by atoms with van der Waals surface area (Å²) in [5.74, 6) is -0.0595. The minimum Gasteiger partial charge on any atom is -0.354 e. The van der Waals surface area contributed by atoms with Gasteiger partial charge in [0.05, 0.1) is 6.54 Å². The van der Waals surface area contributed by atoms with Gasteiger partial charge < -0.3 is 11.1 Å². The maximum absolute atomic E-state index is 11.4. The fourth-order valence-corrected chi connectivity index (χ4v) is 3.93. The number of halogens is 1. The van der Waals surface area contributed by atoms with Crippen LogP contribution in [0.1, 0.15) is 31.2 Å². The molecule has 0 unspecified atom stereocenters. The Balaban J connectivity index is 0.00000200. The highest BCUT2D eigenvalue weighted by molar-refractivity contribution is 8.00. The zero-order valence-electron chi connectivity index (χ0n) is 11.9. The third-order valence-corrected chi connectivity index (χ3v) is 5.16. The topological polar surface area (TPSA) is 55.1 Å². The summed E-state index contributed by atoms with van der Waals surface area (Å²) in [6.45, 7) is 2.90. The van der Waals surface area contributed by atoms with E-state index in [2.05, 4.69) is 36.5 Å². The van der Waals surface area contributed by atoms with Gasteiger partial charge in [-0.15, -0.1) is 24.2 Å². The van der Waals surface area contributed by atoms with E-state index < -0.39 is 0 Å². The minimum absolute atomic E-state index is 0. The molecule has 1 amide bonds. The largest absolute Gasteiger partial charge is 0.354 e. The highest BCUT2D eigenvalue weighted by Gasteiger charge is 2.35. The predicted molar refractivity (Wildman–Crippen MR) is 87.5 cm³/mol. The molecular formula is C15H23ClN2OS. The Hall–Kier alpha value is -0.710. The average molecular weight is 315 g/mol. The Morgan fingerprint density at radius 3 is 2.45 bits per heavy atom. The number of rotatable bonds is 5. The first-order valence-corrected chi connectivity index (χ1v) is 7.68. The summed E-state index contributed by atoms with van der Waals surface area (Å²) in [6, 6.07) is 8.63. The molecule has 1 aliphatic rings. The third kappa shape index (κ3) is 4.69. The molecule has 0 atom stereocenters. The van der Waals surface area contributed by atoms with Crippen molar-refractivity contribution < 1.29 is 4.79 Å². The van der Waals surface area contributed by atoms with E-state index in [9.17, 15) is 4.79 Å². The molecule has 112 valence electrons. The van der Waals surface area contributed by atoms with Gasteiger partial charge in [-0.2, -0.15) is 0 Å². The van der Waals surface area contributed by atoms with E-state index in [-0.39, 0.29) is 29.6 Å². The van der Waals surface area contributed by atoms with Gasteiger partial charge in [-0.1, -0.05) is 30.5 Å². The van der Waals surface area contributed by atoms with Crippen molar-refractivity contribution in [3.63, 3.8) is 0 Å². The number of carbonyl (C=O) groups excluding carboxylic acids is 1. The maximum atomic E-state index is 11.4. The maximum Gasteiger partial charge on any atom is 0.233 e. The molecule has 0 spiro atoms. The van der Waals surface area contributed by atoms with Crippen LogP contribution < -0.4 is 11.1 Å². The van der Waals surface area contributed by atoms with Crippen LogP contribution in [0, 0.1) is 6.92 Å². The van der Waals surface area contributed by atoms with Crippen LogP contribution in [0.15, 0.2) is 29.2 Å². The summed E-state index contributed by atoms with van der Waals surface area (Å²) in [5, 5.41) is 2.96. The van der Waals surface area contributed by atoms with Gasteiger partial charge in [-0.05, 0) is 31.9 Å². The molecule has 1 aliphatic carbocycles. The SMILES string of the molecule is Cc1ccc(SC2(CNC(=O)CN)CCCC2)cc1.Cl. The number of amides is 1. The second-order valence-electron chi connectivity index (χ2n) is 5.29. The van der Waals surface area contributed by atoms with Crippen molar-refractivity contribution in [2.75, 3.05) is 13.1 Å². The predicted octanol–water partition coefficient (Wildman–Crippen LogP) is 2.90. The van der Waals surface area contributed by atoms with Crippen LogP contribution in [0.3, 0.4) is 0 Å². The molecule has 0 saturated heterocycles. The second-order valence-corrected chi connectivity index (χ2v) is 6.83. The highest BCUT2D eigenvalue weighted by atomic mass is 35.5. The number of carbonyl (C=O) groups is 1. The molecule has 1 aromatic carbocycles. The molecule has 3 N–H and O–H groups in total. The van der Waals surface area contributed by atoms with E-state index in [4.69, 9.17) is 5.73 Å². The van der Waals surface area contributed by atoms with E-state index in [0.29, 0.717) is 0 Å². The molecule has 5 heteroatoms. The number of nitrogens with two attached hydrogens (primary N) is 1. The molecule has 0 aromatic heterocycles. The van der Waals surface area contributed by atoms with Crippen LogP contribution in [-0.4, -0.2) is 23.7 Å². The number of nitrogens with one attached hydrogen (secondary N) is 1. The van der Waals surface area contributed by atoms with Crippen LogP contribution in [0.4, 0.5) is 0 Å². The molecule has 0 bridgehead atoms. The zero-order chi connectivity index (χ0) is 13.7. The molecule has 3 nitrogen and oxygen atoms in total. The number of benzene rings is 1. The fourth-order valence-electron chi connectivity index (χ4n) is 2.52. The van der Waals surface area contributed by atoms with Crippen LogP contribution in [-0.2, 0) is 4.79 Å². The standard InChI is InChI=1S/C15H22N2OS.ClH/c1-12-4-6-13(7-5-12)19-15(8-2-3-9-15)11-17-14(18)10-16;/h4-7H,2-3,8-11,16H2,1H3,(H,17,18);1H. The van der Waals surface area contributed by atoms with Crippen molar-refractivity contribution in [2.24, 2.45) is 5.73 Å². The second kappa shape index (κ2) is 7.91. The molecule has 0 aliphatic heterocycles. The number of hydrogen-bond acceptors (Lipinski definition) is 3. The number of hydrogen-bond donors (Lipinski definition) is 2. The van der Waals surface area contributed by atoms with Gasteiger partial charge >= 0.3 is 0 Å². The summed E-state index contributed by atoms with van der Waals surface area (Å²) >= 11 is 1.90. The molecule has 20 heavy (non-hydrogen) atoms. The van der Waals surface area contributed by atoms with Crippen molar-refractivity contribution in [1.29, 1.82) is 0 Å². The van der Waals surface area contributed by atoms with Gasteiger partial charge in [-0.25, -0.2) is 0 Å². The lowest BCUT2D eigenvalue weighted by atomic mass is 10.1. The van der Waals surface area contributed by atoms with Crippen molar-refractivity contribution in [2.45, 2.75) is 42.2 Å². The molecule has 0 radical (unpaired) electrons. The fraction of sp³-hybridized carbons (Fsp3) is 0.533. The van der Waals surface area contributed by atoms with Crippen LogP contribution in [0.5, 0.6) is 0 Å². The van der Waals surface area contributed by atoms with Gasteiger partial charge in [0.25, 0.3) is 0 Å². The van der Waals surface area contributed by atoms with Gasteiger partial charge in [0, 0.05) is 16.2 Å². The summed E-state index contributed by atoms with van der Waals surface area (Å²) in [5.41, 5.74) is 6.63. The summed E-state index contributed by atoms with van der Waals surface area (Å²) in [7, 11) is 0. The lowest BCUT2D eigenvalue weighted by Gasteiger charge is -2.28. The molecule has 1 saturated carbocycles. The molecule has 0 heterocycles. The van der Waals surface area contributed by atoms with Crippen molar-refractivity contribution in [1.82, 2.24) is 5.32 Å². The lowest BCUT2D eigenvalue weighted by Crippen LogP contribution is -2.41. The number of aryl methyl sites for hydroxylation is 1. The first-order valence-electron chi connectivity index (χ1n) is 6.86. The van der Waals surface area contributed by atoms with Gasteiger partial charge in [0.1, 0.15) is 0 Å². The highest BCUT2D eigenvalue weighted by Crippen LogP contribution is 2.44. The molecule has 2 rings (SSSR count). The average Bonchev–Trinajstić information content (AvgIpc) is 2.88. The van der Waals surface area contributed by atoms with E-state index in [1.54, 1.807) is 0 Å². The quantitative estimate of drug-likeness (QED) is 0.878. The van der Waals surface area contributed by atoms with Crippen molar-refractivity contribution in [3.05, 3.63) is 29.8 Å². The summed E-state index contributed by atoms with van der Waals surface area (Å²) in [6.07, 6.45) is 4.82. The Kier molecular flexibility index (Phi) is 6.86. The van der Waals surface area contributed by atoms with E-state index in [1.165, 1.54) is 23.3 Å². The molecule has 1 fully saturated rings.